The van der Waals surface area contributed by atoms with E-state index in [2.05, 4.69) is 4.90 Å². The lowest BCUT2D eigenvalue weighted by molar-refractivity contribution is -0.137. The van der Waals surface area contributed by atoms with Crippen LogP contribution in [0.3, 0.4) is 0 Å². The minimum absolute atomic E-state index is 0.0664. The molecule has 1 N–H and O–H groups in total. The van der Waals surface area contributed by atoms with Crippen molar-refractivity contribution >= 4 is 39.1 Å². The number of hydrogen-bond acceptors (Lipinski definition) is 5. The van der Waals surface area contributed by atoms with E-state index in [0.717, 1.165) is 57.0 Å². The quantitative estimate of drug-likeness (QED) is 0.460. The van der Waals surface area contributed by atoms with Crippen LogP contribution in [0.4, 0.5) is 13.2 Å². The van der Waals surface area contributed by atoms with Crippen LogP contribution in [0, 0.1) is 5.92 Å². The molecule has 4 rings (SSSR count). The number of carbonyl (C=O) groups excluding carboxylic acids is 1. The molecule has 202 valence electrons. The van der Waals surface area contributed by atoms with Crippen molar-refractivity contribution < 1.29 is 31.1 Å². The van der Waals surface area contributed by atoms with Crippen LogP contribution < -0.4 is 9.46 Å². The lowest BCUT2D eigenvalue weighted by Gasteiger charge is -2.40. The van der Waals surface area contributed by atoms with E-state index in [9.17, 15) is 26.4 Å². The van der Waals surface area contributed by atoms with Crippen LogP contribution in [-0.2, 0) is 21.0 Å². The van der Waals surface area contributed by atoms with Crippen LogP contribution in [0.5, 0.6) is 5.75 Å². The summed E-state index contributed by atoms with van der Waals surface area (Å²) in [5.74, 6) is -0.503. The van der Waals surface area contributed by atoms with E-state index in [-0.39, 0.29) is 12.1 Å². The van der Waals surface area contributed by atoms with Crippen molar-refractivity contribution in [2.24, 2.45) is 5.92 Å². The predicted octanol–water partition coefficient (Wildman–Crippen LogP) is 5.92. The standard InChI is InChI=1S/C25H27Cl2F3N2O4S/c26-22-9-8-20(15-23(22)27)36-19-10-12-32(13-11-19)18-6-4-16(5-7-18)24(33)31-37(34,35)21-3-1-2-17(14-21)25(28,29)30/h1-3,8-9,14-16,18-19H,4-7,10-13H2,(H,31,33)/t16-,18-. The molecule has 1 amide bonds. The molecule has 37 heavy (non-hydrogen) atoms. The number of ether oxygens (including phenoxy) is 1. The predicted molar refractivity (Wildman–Crippen MR) is 134 cm³/mol. The molecular formula is C25H27Cl2F3N2O4S. The van der Waals surface area contributed by atoms with E-state index in [0.29, 0.717) is 34.7 Å². The van der Waals surface area contributed by atoms with Crippen LogP contribution in [0.25, 0.3) is 0 Å². The first-order chi connectivity index (χ1) is 17.4. The fraction of sp³-hybridized carbons (Fsp3) is 0.480. The molecule has 1 aliphatic carbocycles. The van der Waals surface area contributed by atoms with E-state index in [4.69, 9.17) is 27.9 Å². The number of halogens is 5. The van der Waals surface area contributed by atoms with Gasteiger partial charge in [-0.05, 0) is 68.9 Å². The first kappa shape index (κ1) is 28.0. The van der Waals surface area contributed by atoms with Gasteiger partial charge in [0.05, 0.1) is 20.5 Å². The van der Waals surface area contributed by atoms with Gasteiger partial charge < -0.3 is 9.64 Å². The summed E-state index contributed by atoms with van der Waals surface area (Å²) in [6.07, 6.45) is -0.441. The molecule has 0 unspecified atom stereocenters. The number of amides is 1. The minimum Gasteiger partial charge on any atom is -0.490 e. The first-order valence-electron chi connectivity index (χ1n) is 12.0. The number of nitrogens with one attached hydrogen (secondary N) is 1. The number of benzene rings is 2. The number of sulfonamides is 1. The highest BCUT2D eigenvalue weighted by Gasteiger charge is 2.35. The second-order valence-corrected chi connectivity index (χ2v) is 11.9. The van der Waals surface area contributed by atoms with Crippen molar-refractivity contribution in [2.75, 3.05) is 13.1 Å². The van der Waals surface area contributed by atoms with Gasteiger partial charge in [0.1, 0.15) is 11.9 Å². The Morgan fingerprint density at radius 3 is 2.24 bits per heavy atom. The van der Waals surface area contributed by atoms with E-state index >= 15 is 0 Å². The third kappa shape index (κ3) is 7.10. The highest BCUT2D eigenvalue weighted by atomic mass is 35.5. The molecule has 2 aromatic carbocycles. The number of carbonyl (C=O) groups is 1. The Kier molecular flexibility index (Phi) is 8.62. The average Bonchev–Trinajstić information content (AvgIpc) is 2.86. The molecule has 1 aliphatic heterocycles. The van der Waals surface area contributed by atoms with Crippen LogP contribution >= 0.6 is 23.2 Å². The number of rotatable bonds is 6. The van der Waals surface area contributed by atoms with Gasteiger partial charge >= 0.3 is 6.18 Å². The first-order valence-corrected chi connectivity index (χ1v) is 14.3. The van der Waals surface area contributed by atoms with E-state index < -0.39 is 38.5 Å². The van der Waals surface area contributed by atoms with Crippen molar-refractivity contribution in [3.8, 4) is 5.75 Å². The number of nitrogens with zero attached hydrogens (tertiary/aromatic N) is 1. The summed E-state index contributed by atoms with van der Waals surface area (Å²) in [5.41, 5.74) is -1.09. The van der Waals surface area contributed by atoms with Gasteiger partial charge in [0.25, 0.3) is 10.0 Å². The van der Waals surface area contributed by atoms with E-state index in [1.807, 2.05) is 4.72 Å². The van der Waals surface area contributed by atoms with Crippen LogP contribution in [0.2, 0.25) is 10.0 Å². The maximum atomic E-state index is 12.9. The van der Waals surface area contributed by atoms with Gasteiger partial charge in [-0.2, -0.15) is 13.2 Å². The molecule has 0 aromatic heterocycles. The molecule has 2 aromatic rings. The lowest BCUT2D eigenvalue weighted by atomic mass is 9.84. The molecule has 0 radical (unpaired) electrons. The zero-order chi connectivity index (χ0) is 26.8. The summed E-state index contributed by atoms with van der Waals surface area (Å²) in [4.78, 5) is 14.4. The number of likely N-dealkylation sites (tertiary alicyclic amines) is 1. The Bertz CT molecular complexity index is 1230. The zero-order valence-electron chi connectivity index (χ0n) is 19.8. The molecule has 2 aliphatic rings. The molecule has 2 fully saturated rings. The second-order valence-electron chi connectivity index (χ2n) is 9.43. The van der Waals surface area contributed by atoms with Crippen molar-refractivity contribution in [1.82, 2.24) is 9.62 Å². The summed E-state index contributed by atoms with van der Waals surface area (Å²) in [6, 6.07) is 8.84. The summed E-state index contributed by atoms with van der Waals surface area (Å²) in [6.45, 7) is 1.69. The Morgan fingerprint density at radius 2 is 1.62 bits per heavy atom. The SMILES string of the molecule is O=C(NS(=O)(=O)c1cccc(C(F)(F)F)c1)[C@H]1CC[C@H](N2CCC(Oc3ccc(Cl)c(Cl)c3)CC2)CC1. The van der Waals surface area contributed by atoms with E-state index in [1.165, 1.54) is 0 Å². The fourth-order valence-corrected chi connectivity index (χ4v) is 6.30. The van der Waals surface area contributed by atoms with Gasteiger partial charge in [0.2, 0.25) is 5.91 Å². The van der Waals surface area contributed by atoms with Gasteiger partial charge in [-0.3, -0.25) is 4.79 Å². The lowest BCUT2D eigenvalue weighted by Crippen LogP contribution is -2.46. The van der Waals surface area contributed by atoms with Crippen molar-refractivity contribution in [2.45, 2.75) is 61.7 Å². The molecule has 0 atom stereocenters. The third-order valence-corrected chi connectivity index (χ3v) is 9.04. The van der Waals surface area contributed by atoms with Crippen molar-refractivity contribution in [3.63, 3.8) is 0 Å². The molecule has 0 bridgehead atoms. The summed E-state index contributed by atoms with van der Waals surface area (Å²) >= 11 is 12.0. The Balaban J connectivity index is 1.25. The summed E-state index contributed by atoms with van der Waals surface area (Å²) < 4.78 is 71.9. The molecule has 0 spiro atoms. The molecule has 12 heteroatoms. The molecule has 1 saturated heterocycles. The second kappa shape index (κ2) is 11.4. The maximum Gasteiger partial charge on any atom is 0.416 e. The van der Waals surface area contributed by atoms with Gasteiger partial charge in [-0.15, -0.1) is 0 Å². The van der Waals surface area contributed by atoms with Crippen molar-refractivity contribution in [3.05, 3.63) is 58.1 Å². The Hall–Kier alpha value is -2.01. The van der Waals surface area contributed by atoms with Crippen molar-refractivity contribution in [1.29, 1.82) is 0 Å². The topological polar surface area (TPSA) is 75.7 Å². The molecular weight excluding hydrogens is 552 g/mol. The smallest absolute Gasteiger partial charge is 0.416 e. The monoisotopic (exact) mass is 578 g/mol. The number of hydrogen-bond donors (Lipinski definition) is 1. The van der Waals surface area contributed by atoms with Gasteiger partial charge in [0.15, 0.2) is 0 Å². The molecule has 1 heterocycles. The maximum absolute atomic E-state index is 12.9. The van der Waals surface area contributed by atoms with E-state index in [1.54, 1.807) is 18.2 Å². The zero-order valence-corrected chi connectivity index (χ0v) is 22.1. The van der Waals surface area contributed by atoms with Gasteiger partial charge in [-0.1, -0.05) is 29.3 Å². The number of piperidine rings is 1. The largest absolute Gasteiger partial charge is 0.490 e. The normalized spacial score (nSPS) is 22.0. The molecule has 6 nitrogen and oxygen atoms in total. The average molecular weight is 579 g/mol. The summed E-state index contributed by atoms with van der Waals surface area (Å²) in [5, 5.41) is 0.918. The number of alkyl halides is 3. The van der Waals surface area contributed by atoms with Crippen LogP contribution in [-0.4, -0.2) is 44.5 Å². The Morgan fingerprint density at radius 1 is 0.946 bits per heavy atom. The third-order valence-electron chi connectivity index (χ3n) is 6.96. The van der Waals surface area contributed by atoms with Crippen LogP contribution in [0.1, 0.15) is 44.1 Å². The molecule has 1 saturated carbocycles. The highest BCUT2D eigenvalue weighted by molar-refractivity contribution is 7.90. The summed E-state index contributed by atoms with van der Waals surface area (Å²) in [7, 11) is -4.40. The van der Waals surface area contributed by atoms with Gasteiger partial charge in [0, 0.05) is 31.1 Å². The highest BCUT2D eigenvalue weighted by Crippen LogP contribution is 2.33. The minimum atomic E-state index is -4.68. The van der Waals surface area contributed by atoms with Crippen LogP contribution in [0.15, 0.2) is 47.4 Å². The fourth-order valence-electron chi connectivity index (χ4n) is 4.92. The Labute approximate surface area is 224 Å². The van der Waals surface area contributed by atoms with Gasteiger partial charge in [-0.25, -0.2) is 13.1 Å².